The van der Waals surface area contributed by atoms with E-state index in [0.717, 1.165) is 0 Å². The van der Waals surface area contributed by atoms with Crippen LogP contribution in [0.25, 0.3) is 0 Å². The van der Waals surface area contributed by atoms with Gasteiger partial charge in [-0.2, -0.15) is 0 Å². The third kappa shape index (κ3) is 3.48. The Balaban J connectivity index is 1.76. The Morgan fingerprint density at radius 1 is 1.32 bits per heavy atom. The van der Waals surface area contributed by atoms with Crippen LogP contribution in [0.3, 0.4) is 0 Å². The number of ether oxygens (including phenoxy) is 2. The summed E-state index contributed by atoms with van der Waals surface area (Å²) in [6.45, 7) is 2.05. The molecule has 0 aliphatic carbocycles. The quantitative estimate of drug-likeness (QED) is 0.838. The van der Waals surface area contributed by atoms with Crippen molar-refractivity contribution in [3.05, 3.63) is 40.3 Å². The minimum Gasteiger partial charge on any atom is -0.493 e. The zero-order chi connectivity index (χ0) is 18.0. The van der Waals surface area contributed by atoms with Crippen molar-refractivity contribution in [3.8, 4) is 11.5 Å². The molecule has 0 fully saturated rings. The van der Waals surface area contributed by atoms with Gasteiger partial charge in [-0.3, -0.25) is 14.2 Å². The fraction of sp³-hybridized carbons (Fsp3) is 0.353. The lowest BCUT2D eigenvalue weighted by atomic mass is 10.1. The Hall–Kier alpha value is -2.48. The van der Waals surface area contributed by atoms with Crippen molar-refractivity contribution < 1.29 is 14.3 Å². The molecule has 1 aromatic carbocycles. The number of amides is 1. The molecule has 0 spiro atoms. The standard InChI is InChI=1S/C17H19N3O4S/c1-10-7-18-17-20(16(10)22)8-11(9-25-17)15(21)19-12-4-5-13(23-2)14(6-12)24-3/h4-7,11H,8-9H2,1-3H3,(H,19,21). The number of fused-ring (bicyclic) bond motifs is 1. The third-order valence-corrected chi connectivity index (χ3v) is 5.17. The molecule has 132 valence electrons. The fourth-order valence-corrected chi connectivity index (χ4v) is 3.67. The van der Waals surface area contributed by atoms with Gasteiger partial charge in [-0.25, -0.2) is 4.98 Å². The second-order valence-electron chi connectivity index (χ2n) is 5.71. The maximum absolute atomic E-state index is 12.6. The normalized spacial score (nSPS) is 16.0. The molecular weight excluding hydrogens is 342 g/mol. The summed E-state index contributed by atoms with van der Waals surface area (Å²) in [5.41, 5.74) is 1.10. The summed E-state index contributed by atoms with van der Waals surface area (Å²) in [5, 5.41) is 3.54. The molecule has 7 nitrogen and oxygen atoms in total. The van der Waals surface area contributed by atoms with Crippen LogP contribution in [0.2, 0.25) is 0 Å². The number of nitrogens with zero attached hydrogens (tertiary/aromatic N) is 2. The zero-order valence-corrected chi connectivity index (χ0v) is 15.1. The number of hydrogen-bond acceptors (Lipinski definition) is 6. The zero-order valence-electron chi connectivity index (χ0n) is 14.2. The molecule has 1 amide bonds. The molecular formula is C17H19N3O4S. The molecule has 8 heteroatoms. The highest BCUT2D eigenvalue weighted by atomic mass is 32.2. The van der Waals surface area contributed by atoms with Crippen LogP contribution in [-0.4, -0.2) is 35.4 Å². The number of aryl methyl sites for hydroxylation is 1. The first-order valence-corrected chi connectivity index (χ1v) is 8.74. The highest BCUT2D eigenvalue weighted by Crippen LogP contribution is 2.31. The van der Waals surface area contributed by atoms with E-state index in [0.29, 0.717) is 40.2 Å². The van der Waals surface area contributed by atoms with Crippen molar-refractivity contribution in [1.29, 1.82) is 0 Å². The average molecular weight is 361 g/mol. The van der Waals surface area contributed by atoms with Crippen LogP contribution in [0.4, 0.5) is 5.69 Å². The predicted octanol–water partition coefficient (Wildman–Crippen LogP) is 1.93. The number of hydrogen-bond donors (Lipinski definition) is 1. The van der Waals surface area contributed by atoms with Gasteiger partial charge in [-0.05, 0) is 19.1 Å². The number of anilines is 1. The van der Waals surface area contributed by atoms with E-state index < -0.39 is 0 Å². The molecule has 2 aromatic rings. The van der Waals surface area contributed by atoms with E-state index >= 15 is 0 Å². The maximum atomic E-state index is 12.6. The van der Waals surface area contributed by atoms with E-state index in [9.17, 15) is 9.59 Å². The Labute approximate surface area is 149 Å². The van der Waals surface area contributed by atoms with Gasteiger partial charge in [0.25, 0.3) is 5.56 Å². The van der Waals surface area contributed by atoms with Gasteiger partial charge in [0, 0.05) is 35.8 Å². The second kappa shape index (κ2) is 7.18. The topological polar surface area (TPSA) is 82.5 Å². The monoisotopic (exact) mass is 361 g/mol. The summed E-state index contributed by atoms with van der Waals surface area (Å²) >= 11 is 1.42. The molecule has 0 radical (unpaired) electrons. The van der Waals surface area contributed by atoms with Gasteiger partial charge in [0.2, 0.25) is 5.91 Å². The van der Waals surface area contributed by atoms with E-state index in [-0.39, 0.29) is 17.4 Å². The number of thioether (sulfide) groups is 1. The van der Waals surface area contributed by atoms with Gasteiger partial charge < -0.3 is 14.8 Å². The molecule has 1 aromatic heterocycles. The number of carbonyl (C=O) groups is 1. The van der Waals surface area contributed by atoms with Crippen molar-refractivity contribution in [2.24, 2.45) is 5.92 Å². The first kappa shape index (κ1) is 17.3. The van der Waals surface area contributed by atoms with Crippen molar-refractivity contribution in [2.75, 3.05) is 25.3 Å². The average Bonchev–Trinajstić information content (AvgIpc) is 2.64. The molecule has 3 rings (SSSR count). The summed E-state index contributed by atoms with van der Waals surface area (Å²) in [5.74, 6) is 1.26. The summed E-state index contributed by atoms with van der Waals surface area (Å²) in [6, 6.07) is 5.19. The second-order valence-corrected chi connectivity index (χ2v) is 6.69. The largest absolute Gasteiger partial charge is 0.493 e. The molecule has 1 N–H and O–H groups in total. The van der Waals surface area contributed by atoms with Crippen molar-refractivity contribution in [1.82, 2.24) is 9.55 Å². The SMILES string of the molecule is COc1ccc(NC(=O)C2CSc3ncc(C)c(=O)n3C2)cc1OC. The highest BCUT2D eigenvalue weighted by Gasteiger charge is 2.27. The van der Waals surface area contributed by atoms with Crippen LogP contribution in [0, 0.1) is 12.8 Å². The molecule has 2 heterocycles. The lowest BCUT2D eigenvalue weighted by Crippen LogP contribution is -2.37. The van der Waals surface area contributed by atoms with E-state index in [4.69, 9.17) is 9.47 Å². The van der Waals surface area contributed by atoms with E-state index in [1.54, 1.807) is 50.1 Å². The van der Waals surface area contributed by atoms with Crippen LogP contribution in [0.1, 0.15) is 5.56 Å². The van der Waals surface area contributed by atoms with Crippen molar-refractivity contribution in [3.63, 3.8) is 0 Å². The van der Waals surface area contributed by atoms with Gasteiger partial charge in [-0.1, -0.05) is 11.8 Å². The highest BCUT2D eigenvalue weighted by molar-refractivity contribution is 7.99. The Bertz CT molecular complexity index is 865. The van der Waals surface area contributed by atoms with E-state index in [1.807, 2.05) is 0 Å². The van der Waals surface area contributed by atoms with Crippen molar-refractivity contribution >= 4 is 23.4 Å². The smallest absolute Gasteiger partial charge is 0.257 e. The number of rotatable bonds is 4. The summed E-state index contributed by atoms with van der Waals surface area (Å²) in [4.78, 5) is 29.1. The fourth-order valence-electron chi connectivity index (χ4n) is 2.62. The van der Waals surface area contributed by atoms with Gasteiger partial charge in [0.1, 0.15) is 0 Å². The van der Waals surface area contributed by atoms with E-state index in [2.05, 4.69) is 10.3 Å². The maximum Gasteiger partial charge on any atom is 0.257 e. The van der Waals surface area contributed by atoms with Crippen LogP contribution in [0.5, 0.6) is 11.5 Å². The molecule has 1 atom stereocenters. The van der Waals surface area contributed by atoms with E-state index in [1.165, 1.54) is 11.8 Å². The number of benzene rings is 1. The van der Waals surface area contributed by atoms with Gasteiger partial charge in [-0.15, -0.1) is 0 Å². The molecule has 0 saturated heterocycles. The molecule has 25 heavy (non-hydrogen) atoms. The van der Waals surface area contributed by atoms with Gasteiger partial charge in [0.15, 0.2) is 16.7 Å². The summed E-state index contributed by atoms with van der Waals surface area (Å²) in [6.07, 6.45) is 1.57. The lowest BCUT2D eigenvalue weighted by molar-refractivity contribution is -0.119. The first-order valence-electron chi connectivity index (χ1n) is 7.75. The van der Waals surface area contributed by atoms with Crippen LogP contribution < -0.4 is 20.3 Å². The van der Waals surface area contributed by atoms with Crippen molar-refractivity contribution in [2.45, 2.75) is 18.6 Å². The number of methoxy groups -OCH3 is 2. The molecule has 0 bridgehead atoms. The predicted molar refractivity (Wildman–Crippen MR) is 95.6 cm³/mol. The van der Waals surface area contributed by atoms with Crippen LogP contribution >= 0.6 is 11.8 Å². The number of carbonyl (C=O) groups excluding carboxylic acids is 1. The number of aromatic nitrogens is 2. The Morgan fingerprint density at radius 2 is 2.08 bits per heavy atom. The molecule has 1 unspecified atom stereocenters. The first-order chi connectivity index (χ1) is 12.0. The molecule has 1 aliphatic rings. The number of nitrogens with one attached hydrogen (secondary N) is 1. The Kier molecular flexibility index (Phi) is 4.98. The summed E-state index contributed by atoms with van der Waals surface area (Å²) in [7, 11) is 3.10. The third-order valence-electron chi connectivity index (χ3n) is 4.02. The van der Waals surface area contributed by atoms with Crippen LogP contribution in [-0.2, 0) is 11.3 Å². The minimum atomic E-state index is -0.313. The van der Waals surface area contributed by atoms with Gasteiger partial charge >= 0.3 is 0 Å². The lowest BCUT2D eigenvalue weighted by Gasteiger charge is -2.24. The van der Waals surface area contributed by atoms with Crippen LogP contribution in [0.15, 0.2) is 34.3 Å². The molecule has 1 aliphatic heterocycles. The molecule has 0 saturated carbocycles. The Morgan fingerprint density at radius 3 is 2.80 bits per heavy atom. The minimum absolute atomic E-state index is 0.0962. The van der Waals surface area contributed by atoms with Gasteiger partial charge in [0.05, 0.1) is 20.1 Å². The summed E-state index contributed by atoms with van der Waals surface area (Å²) < 4.78 is 12.0.